The maximum Gasteiger partial charge on any atom is 0.142 e. The number of anilines is 1. The Morgan fingerprint density at radius 1 is 1.26 bits per heavy atom. The molecule has 4 nitrogen and oxygen atoms in total. The lowest BCUT2D eigenvalue weighted by atomic mass is 9.98. The van der Waals surface area contributed by atoms with E-state index in [0.29, 0.717) is 35.2 Å². The molecule has 1 aliphatic rings. The van der Waals surface area contributed by atoms with Gasteiger partial charge in [-0.25, -0.2) is 4.39 Å². The monoisotopic (exact) mass is 337 g/mol. The molecule has 0 aliphatic carbocycles. The second-order valence-corrected chi connectivity index (χ2v) is 5.84. The molecule has 122 valence electrons. The lowest BCUT2D eigenvalue weighted by molar-refractivity contribution is 0.0690. The number of hydrogen-bond donors (Lipinski definition) is 2. The van der Waals surface area contributed by atoms with Gasteiger partial charge in [-0.05, 0) is 35.9 Å². The molecule has 0 saturated carbocycles. The van der Waals surface area contributed by atoms with E-state index >= 15 is 0 Å². The largest absolute Gasteiger partial charge is 0.490 e. The number of ether oxygens (including phenoxy) is 1. The van der Waals surface area contributed by atoms with Crippen LogP contribution in [0.4, 0.5) is 10.1 Å². The van der Waals surface area contributed by atoms with Crippen molar-refractivity contribution in [3.63, 3.8) is 0 Å². The molecule has 0 saturated heterocycles. The van der Waals surface area contributed by atoms with Gasteiger partial charge in [0.25, 0.3) is 0 Å². The van der Waals surface area contributed by atoms with E-state index in [0.717, 1.165) is 0 Å². The van der Waals surface area contributed by atoms with Crippen molar-refractivity contribution in [2.24, 2.45) is 0 Å². The van der Waals surface area contributed by atoms with E-state index < -0.39 is 24.6 Å². The molecule has 2 aromatic carbocycles. The molecule has 0 bridgehead atoms. The Hall–Kier alpha value is -1.82. The highest BCUT2D eigenvalue weighted by molar-refractivity contribution is 6.31. The molecule has 2 N–H and O–H groups in total. The summed E-state index contributed by atoms with van der Waals surface area (Å²) in [7, 11) is 0. The van der Waals surface area contributed by atoms with Gasteiger partial charge in [-0.1, -0.05) is 23.7 Å². The van der Waals surface area contributed by atoms with Crippen LogP contribution in [0.15, 0.2) is 42.5 Å². The maximum atomic E-state index is 13.6. The van der Waals surface area contributed by atoms with Gasteiger partial charge in [0.15, 0.2) is 0 Å². The van der Waals surface area contributed by atoms with Gasteiger partial charge >= 0.3 is 0 Å². The molecule has 0 fully saturated rings. The predicted octanol–water partition coefficient (Wildman–Crippen LogP) is 2.77. The zero-order valence-corrected chi connectivity index (χ0v) is 13.1. The second-order valence-electron chi connectivity index (χ2n) is 5.40. The molecule has 0 amide bonds. The number of aliphatic hydroxyl groups excluding tert-OH is 2. The van der Waals surface area contributed by atoms with Crippen molar-refractivity contribution in [2.75, 3.05) is 24.7 Å². The molecule has 0 spiro atoms. The molecule has 23 heavy (non-hydrogen) atoms. The molecule has 2 atom stereocenters. The fraction of sp³-hybridized carbons (Fsp3) is 0.294. The summed E-state index contributed by atoms with van der Waals surface area (Å²) >= 11 is 6.08. The Bertz CT molecular complexity index is 697. The second kappa shape index (κ2) is 6.74. The first-order chi connectivity index (χ1) is 11.1. The summed E-state index contributed by atoms with van der Waals surface area (Å²) in [6.07, 6.45) is -1.07. The quantitative estimate of drug-likeness (QED) is 0.901. The summed E-state index contributed by atoms with van der Waals surface area (Å²) in [6, 6.07) is 10.7. The van der Waals surface area contributed by atoms with Crippen molar-refractivity contribution in [1.29, 1.82) is 0 Å². The molecular weight excluding hydrogens is 321 g/mol. The van der Waals surface area contributed by atoms with Crippen molar-refractivity contribution in [3.8, 4) is 5.75 Å². The summed E-state index contributed by atoms with van der Waals surface area (Å²) in [6.45, 7) is 0.485. The van der Waals surface area contributed by atoms with E-state index in [1.54, 1.807) is 30.3 Å². The Morgan fingerprint density at radius 2 is 2.09 bits per heavy atom. The molecule has 1 heterocycles. The van der Waals surface area contributed by atoms with Crippen LogP contribution in [-0.4, -0.2) is 36.1 Å². The van der Waals surface area contributed by atoms with Crippen LogP contribution in [0.2, 0.25) is 5.02 Å². The molecule has 0 unspecified atom stereocenters. The fourth-order valence-corrected chi connectivity index (χ4v) is 3.07. The topological polar surface area (TPSA) is 52.9 Å². The van der Waals surface area contributed by atoms with Crippen molar-refractivity contribution < 1.29 is 19.3 Å². The van der Waals surface area contributed by atoms with Gasteiger partial charge in [-0.3, -0.25) is 0 Å². The first-order valence-electron chi connectivity index (χ1n) is 7.33. The van der Waals surface area contributed by atoms with Crippen LogP contribution in [0.25, 0.3) is 0 Å². The third-order valence-corrected chi connectivity index (χ3v) is 4.13. The van der Waals surface area contributed by atoms with Crippen LogP contribution in [0.1, 0.15) is 11.6 Å². The number of aliphatic hydroxyl groups is 2. The van der Waals surface area contributed by atoms with E-state index in [1.807, 2.05) is 4.90 Å². The Kier molecular flexibility index (Phi) is 4.71. The van der Waals surface area contributed by atoms with Crippen molar-refractivity contribution >= 4 is 17.3 Å². The summed E-state index contributed by atoms with van der Waals surface area (Å²) in [5.74, 6) is 0.254. The van der Waals surface area contributed by atoms with Crippen LogP contribution in [0, 0.1) is 5.82 Å². The van der Waals surface area contributed by atoms with Crippen molar-refractivity contribution in [3.05, 3.63) is 58.9 Å². The summed E-state index contributed by atoms with van der Waals surface area (Å²) in [4.78, 5) is 1.89. The number of halogens is 2. The highest BCUT2D eigenvalue weighted by atomic mass is 35.5. The van der Waals surface area contributed by atoms with E-state index in [9.17, 15) is 14.6 Å². The minimum Gasteiger partial charge on any atom is -0.490 e. The molecule has 0 radical (unpaired) electrons. The van der Waals surface area contributed by atoms with Gasteiger partial charge in [0.1, 0.15) is 24.3 Å². The zero-order valence-electron chi connectivity index (χ0n) is 12.3. The third-order valence-electron chi connectivity index (χ3n) is 3.90. The van der Waals surface area contributed by atoms with E-state index in [2.05, 4.69) is 0 Å². The lowest BCUT2D eigenvalue weighted by Crippen LogP contribution is -2.42. The standard InChI is InChI=1S/C17H17ClFNO3/c18-12-4-5-16-14(9-12)20(6-7-23-16)17(15(22)10-21)11-2-1-3-13(19)8-11/h1-5,8-9,15,17,21-22H,6-7,10H2/t15-,17+/m1/s1. The van der Waals surface area contributed by atoms with E-state index in [4.69, 9.17) is 16.3 Å². The summed E-state index contributed by atoms with van der Waals surface area (Å²) < 4.78 is 19.2. The normalized spacial score (nSPS) is 16.4. The number of hydrogen-bond acceptors (Lipinski definition) is 4. The van der Waals surface area contributed by atoms with Gasteiger partial charge in [-0.15, -0.1) is 0 Å². The molecular formula is C17H17ClFNO3. The number of nitrogens with zero attached hydrogens (tertiary/aromatic N) is 1. The summed E-state index contributed by atoms with van der Waals surface area (Å²) in [5, 5.41) is 20.3. The predicted molar refractivity (Wildman–Crippen MR) is 86.5 cm³/mol. The minimum absolute atomic E-state index is 0.391. The smallest absolute Gasteiger partial charge is 0.142 e. The van der Waals surface area contributed by atoms with Crippen LogP contribution < -0.4 is 9.64 Å². The third kappa shape index (κ3) is 3.27. The highest BCUT2D eigenvalue weighted by Gasteiger charge is 2.31. The first-order valence-corrected chi connectivity index (χ1v) is 7.71. The number of benzene rings is 2. The van der Waals surface area contributed by atoms with Crippen LogP contribution in [-0.2, 0) is 0 Å². The Balaban J connectivity index is 2.07. The highest BCUT2D eigenvalue weighted by Crippen LogP contribution is 2.40. The van der Waals surface area contributed by atoms with Gasteiger partial charge in [0.2, 0.25) is 0 Å². The van der Waals surface area contributed by atoms with E-state index in [-0.39, 0.29) is 0 Å². The fourth-order valence-electron chi connectivity index (χ4n) is 2.90. The van der Waals surface area contributed by atoms with Gasteiger partial charge in [-0.2, -0.15) is 0 Å². The minimum atomic E-state index is -1.07. The maximum absolute atomic E-state index is 13.6. The van der Waals surface area contributed by atoms with Crippen LogP contribution in [0.3, 0.4) is 0 Å². The molecule has 2 aromatic rings. The molecule has 1 aliphatic heterocycles. The van der Waals surface area contributed by atoms with Crippen molar-refractivity contribution in [2.45, 2.75) is 12.1 Å². The van der Waals surface area contributed by atoms with Gasteiger partial charge in [0, 0.05) is 5.02 Å². The summed E-state index contributed by atoms with van der Waals surface area (Å²) in [5.41, 5.74) is 1.30. The SMILES string of the molecule is OC[C@@H](O)[C@H](c1cccc(F)c1)N1CCOc2ccc(Cl)cc21. The molecule has 6 heteroatoms. The van der Waals surface area contributed by atoms with Crippen LogP contribution >= 0.6 is 11.6 Å². The number of rotatable bonds is 4. The molecule has 3 rings (SSSR count). The van der Waals surface area contributed by atoms with Crippen molar-refractivity contribution in [1.82, 2.24) is 0 Å². The Morgan fingerprint density at radius 3 is 2.83 bits per heavy atom. The average Bonchev–Trinajstić information content (AvgIpc) is 2.55. The van der Waals surface area contributed by atoms with E-state index in [1.165, 1.54) is 12.1 Å². The number of fused-ring (bicyclic) bond motifs is 1. The van der Waals surface area contributed by atoms with Gasteiger partial charge < -0.3 is 19.8 Å². The first kappa shape index (κ1) is 16.1. The zero-order chi connectivity index (χ0) is 16.4. The average molecular weight is 338 g/mol. The van der Waals surface area contributed by atoms with Gasteiger partial charge in [0.05, 0.1) is 24.9 Å². The van der Waals surface area contributed by atoms with Crippen LogP contribution in [0.5, 0.6) is 5.75 Å². The molecule has 0 aromatic heterocycles. The lowest BCUT2D eigenvalue weighted by Gasteiger charge is -2.39. The Labute approximate surface area is 138 Å².